The van der Waals surface area contributed by atoms with E-state index in [1.807, 2.05) is 36.4 Å². The molecule has 4 heteroatoms. The minimum Gasteiger partial charge on any atom is -0.309 e. The Morgan fingerprint density at radius 2 is 0.940 bits per heavy atom. The van der Waals surface area contributed by atoms with Crippen LogP contribution in [0.4, 0.5) is 0 Å². The number of hydrogen-bond acceptors (Lipinski definition) is 3. The molecule has 0 amide bonds. The van der Waals surface area contributed by atoms with Crippen LogP contribution in [-0.4, -0.2) is 19.5 Å². The van der Waals surface area contributed by atoms with Crippen LogP contribution < -0.4 is 0 Å². The lowest BCUT2D eigenvalue weighted by atomic mass is 9.93. The molecule has 50 heavy (non-hydrogen) atoms. The monoisotopic (exact) mass is 638 g/mol. The Hall–Kier alpha value is -6.65. The fourth-order valence-corrected chi connectivity index (χ4v) is 7.63. The first kappa shape index (κ1) is 28.4. The normalized spacial score (nSPS) is 13.4. The van der Waals surface area contributed by atoms with Crippen molar-refractivity contribution in [1.29, 1.82) is 0 Å². The van der Waals surface area contributed by atoms with Crippen LogP contribution in [-0.2, 0) is 0 Å². The van der Waals surface area contributed by atoms with Crippen LogP contribution in [0.15, 0.2) is 176 Å². The fourth-order valence-electron chi connectivity index (χ4n) is 7.63. The SMILES string of the molecule is c1ccc(-c2nc(-c3ccccc3)nc(C3c4ccccc4-c4ccc(-c5ccc6c7ccccc7n(-c7ccccc7)c6c5)cc43)n2)cc1. The molecular weight excluding hydrogens is 609 g/mol. The van der Waals surface area contributed by atoms with Gasteiger partial charge in [-0.15, -0.1) is 0 Å². The first-order valence-corrected chi connectivity index (χ1v) is 17.0. The van der Waals surface area contributed by atoms with Gasteiger partial charge in [0.2, 0.25) is 0 Å². The third-order valence-corrected chi connectivity index (χ3v) is 9.92. The molecule has 0 radical (unpaired) electrons. The number of benzene rings is 7. The van der Waals surface area contributed by atoms with Crippen LogP contribution >= 0.6 is 0 Å². The molecular formula is C46H30N4. The number of rotatable bonds is 5. The predicted molar refractivity (Wildman–Crippen MR) is 203 cm³/mol. The van der Waals surface area contributed by atoms with Gasteiger partial charge in [-0.1, -0.05) is 146 Å². The molecule has 1 atom stereocenters. The summed E-state index contributed by atoms with van der Waals surface area (Å²) in [6, 6.07) is 62.1. The largest absolute Gasteiger partial charge is 0.309 e. The summed E-state index contributed by atoms with van der Waals surface area (Å²) >= 11 is 0. The van der Waals surface area contributed by atoms with Crippen molar-refractivity contribution >= 4 is 21.8 Å². The van der Waals surface area contributed by atoms with Gasteiger partial charge in [-0.25, -0.2) is 15.0 Å². The highest BCUT2D eigenvalue weighted by molar-refractivity contribution is 6.10. The molecule has 9 aromatic rings. The molecule has 0 aliphatic heterocycles. The molecule has 2 aromatic heterocycles. The number of fused-ring (bicyclic) bond motifs is 6. The Morgan fingerprint density at radius 1 is 0.380 bits per heavy atom. The summed E-state index contributed by atoms with van der Waals surface area (Å²) in [4.78, 5) is 15.4. The molecule has 234 valence electrons. The Bertz CT molecular complexity index is 2640. The first-order chi connectivity index (χ1) is 24.8. The van der Waals surface area contributed by atoms with Crippen molar-refractivity contribution in [3.63, 3.8) is 0 Å². The van der Waals surface area contributed by atoms with E-state index in [4.69, 9.17) is 15.0 Å². The zero-order chi connectivity index (χ0) is 33.0. The van der Waals surface area contributed by atoms with Crippen LogP contribution in [0.25, 0.3) is 72.5 Å². The second kappa shape index (κ2) is 11.5. The summed E-state index contributed by atoms with van der Waals surface area (Å²) in [7, 11) is 0. The Morgan fingerprint density at radius 3 is 1.68 bits per heavy atom. The molecule has 0 fully saturated rings. The minimum absolute atomic E-state index is 0.145. The van der Waals surface area contributed by atoms with E-state index in [9.17, 15) is 0 Å². The van der Waals surface area contributed by atoms with Gasteiger partial charge in [0.05, 0.1) is 17.0 Å². The molecule has 10 rings (SSSR count). The zero-order valence-corrected chi connectivity index (χ0v) is 27.1. The van der Waals surface area contributed by atoms with Gasteiger partial charge in [-0.2, -0.15) is 0 Å². The van der Waals surface area contributed by atoms with Gasteiger partial charge in [0, 0.05) is 27.6 Å². The summed E-state index contributed by atoms with van der Waals surface area (Å²) in [6.45, 7) is 0. The van der Waals surface area contributed by atoms with Crippen LogP contribution in [0.1, 0.15) is 22.9 Å². The van der Waals surface area contributed by atoms with Gasteiger partial charge >= 0.3 is 0 Å². The highest BCUT2D eigenvalue weighted by Crippen LogP contribution is 2.49. The maximum absolute atomic E-state index is 5.20. The maximum atomic E-state index is 5.20. The van der Waals surface area contributed by atoms with E-state index >= 15 is 0 Å². The number of nitrogens with zero attached hydrogens (tertiary/aromatic N) is 4. The Labute approximate surface area is 290 Å². The summed E-state index contributed by atoms with van der Waals surface area (Å²) in [5, 5.41) is 2.49. The van der Waals surface area contributed by atoms with E-state index in [0.29, 0.717) is 11.6 Å². The molecule has 1 aliphatic rings. The van der Waals surface area contributed by atoms with E-state index < -0.39 is 0 Å². The van der Waals surface area contributed by atoms with E-state index in [1.165, 1.54) is 49.6 Å². The quantitative estimate of drug-likeness (QED) is 0.188. The van der Waals surface area contributed by atoms with Gasteiger partial charge < -0.3 is 4.57 Å². The molecule has 2 heterocycles. The standard InChI is InChI=1S/C46H30N4/c1-4-14-30(15-5-1)44-47-45(31-16-6-2-7-17-31)49-46(48-44)43-39-22-11-10-20-35(39)36-26-24-32(28-40(36)43)33-25-27-38-37-21-12-13-23-41(37)50(42(38)29-33)34-18-8-3-9-19-34/h1-29,43H. The molecule has 0 N–H and O–H groups in total. The van der Waals surface area contributed by atoms with Crippen molar-refractivity contribution in [1.82, 2.24) is 19.5 Å². The molecule has 0 saturated heterocycles. The lowest BCUT2D eigenvalue weighted by Crippen LogP contribution is -2.09. The maximum Gasteiger partial charge on any atom is 0.163 e. The lowest BCUT2D eigenvalue weighted by Gasteiger charge is -2.16. The van der Waals surface area contributed by atoms with Gasteiger partial charge in [0.25, 0.3) is 0 Å². The third-order valence-electron chi connectivity index (χ3n) is 9.92. The average Bonchev–Trinajstić information content (AvgIpc) is 3.71. The highest BCUT2D eigenvalue weighted by Gasteiger charge is 2.33. The minimum atomic E-state index is -0.145. The Balaban J connectivity index is 1.17. The second-order valence-corrected chi connectivity index (χ2v) is 12.8. The van der Waals surface area contributed by atoms with Crippen molar-refractivity contribution in [2.24, 2.45) is 0 Å². The van der Waals surface area contributed by atoms with E-state index in [0.717, 1.165) is 28.2 Å². The van der Waals surface area contributed by atoms with Crippen molar-refractivity contribution in [2.45, 2.75) is 5.92 Å². The van der Waals surface area contributed by atoms with Crippen molar-refractivity contribution in [2.75, 3.05) is 0 Å². The molecule has 1 unspecified atom stereocenters. The number of hydrogen-bond donors (Lipinski definition) is 0. The van der Waals surface area contributed by atoms with Gasteiger partial charge in [0.1, 0.15) is 5.82 Å². The van der Waals surface area contributed by atoms with Crippen molar-refractivity contribution in [3.8, 4) is 50.7 Å². The van der Waals surface area contributed by atoms with E-state index in [2.05, 4.69) is 144 Å². The molecule has 1 aliphatic carbocycles. The number of aromatic nitrogens is 4. The van der Waals surface area contributed by atoms with Crippen molar-refractivity contribution < 1.29 is 0 Å². The van der Waals surface area contributed by atoms with E-state index in [-0.39, 0.29) is 5.92 Å². The molecule has 0 saturated carbocycles. The zero-order valence-electron chi connectivity index (χ0n) is 27.1. The number of para-hydroxylation sites is 2. The van der Waals surface area contributed by atoms with Crippen molar-refractivity contribution in [3.05, 3.63) is 193 Å². The first-order valence-electron chi connectivity index (χ1n) is 17.0. The predicted octanol–water partition coefficient (Wildman–Crippen LogP) is 11.1. The molecule has 0 spiro atoms. The fraction of sp³-hybridized carbons (Fsp3) is 0.0217. The highest BCUT2D eigenvalue weighted by atomic mass is 15.0. The summed E-state index contributed by atoms with van der Waals surface area (Å²) in [5.74, 6) is 1.96. The topological polar surface area (TPSA) is 43.6 Å². The Kier molecular flexibility index (Phi) is 6.53. The molecule has 4 nitrogen and oxygen atoms in total. The smallest absolute Gasteiger partial charge is 0.163 e. The third kappa shape index (κ3) is 4.57. The molecule has 7 aromatic carbocycles. The summed E-state index contributed by atoms with van der Waals surface area (Å²) < 4.78 is 2.38. The summed E-state index contributed by atoms with van der Waals surface area (Å²) in [5.41, 5.74) is 12.7. The van der Waals surface area contributed by atoms with Gasteiger partial charge in [-0.3, -0.25) is 0 Å². The van der Waals surface area contributed by atoms with Crippen LogP contribution in [0.3, 0.4) is 0 Å². The van der Waals surface area contributed by atoms with Crippen LogP contribution in [0.2, 0.25) is 0 Å². The van der Waals surface area contributed by atoms with Crippen LogP contribution in [0, 0.1) is 0 Å². The lowest BCUT2D eigenvalue weighted by molar-refractivity contribution is 0.856. The van der Waals surface area contributed by atoms with Gasteiger partial charge in [0.15, 0.2) is 11.6 Å². The van der Waals surface area contributed by atoms with Gasteiger partial charge in [-0.05, 0) is 63.7 Å². The second-order valence-electron chi connectivity index (χ2n) is 12.8. The van der Waals surface area contributed by atoms with E-state index in [1.54, 1.807) is 0 Å². The summed E-state index contributed by atoms with van der Waals surface area (Å²) in [6.07, 6.45) is 0. The average molecular weight is 639 g/mol. The molecule has 0 bridgehead atoms. The van der Waals surface area contributed by atoms with Crippen LogP contribution in [0.5, 0.6) is 0 Å².